The highest BCUT2D eigenvalue weighted by molar-refractivity contribution is 6.33. The first kappa shape index (κ1) is 20.2. The van der Waals surface area contributed by atoms with Gasteiger partial charge in [-0.1, -0.05) is 23.7 Å². The molecule has 2 aromatic carbocycles. The second-order valence-electron chi connectivity index (χ2n) is 7.06. The van der Waals surface area contributed by atoms with Crippen molar-refractivity contribution in [3.8, 4) is 5.75 Å². The second-order valence-corrected chi connectivity index (χ2v) is 7.43. The van der Waals surface area contributed by atoms with Crippen LogP contribution >= 0.6 is 11.6 Å². The van der Waals surface area contributed by atoms with Gasteiger partial charge in [0, 0.05) is 19.2 Å². The van der Waals surface area contributed by atoms with Crippen LogP contribution in [0.2, 0.25) is 5.02 Å². The number of hydrogen-bond acceptors (Lipinski definition) is 3. The van der Waals surface area contributed by atoms with E-state index in [1.54, 1.807) is 24.1 Å². The second kappa shape index (κ2) is 8.23. The normalized spacial score (nSPS) is 16.2. The molecule has 1 atom stereocenters. The Hall–Kier alpha value is -2.53. The number of nitrogens with one attached hydrogen (secondary N) is 1. The van der Waals surface area contributed by atoms with Crippen molar-refractivity contribution >= 4 is 23.4 Å². The first-order valence-electron chi connectivity index (χ1n) is 9.44. The Balaban J connectivity index is 1.97. The van der Waals surface area contributed by atoms with Crippen LogP contribution in [0.3, 0.4) is 0 Å². The fourth-order valence-corrected chi connectivity index (χ4v) is 3.78. The predicted octanol–water partition coefficient (Wildman–Crippen LogP) is 3.84. The molecule has 1 aliphatic rings. The fraction of sp³-hybridized carbons (Fsp3) is 0.364. The third kappa shape index (κ3) is 3.72. The van der Waals surface area contributed by atoms with Gasteiger partial charge in [0.2, 0.25) is 0 Å². The molecule has 28 heavy (non-hydrogen) atoms. The molecule has 0 aliphatic carbocycles. The van der Waals surface area contributed by atoms with Crippen LogP contribution < -0.4 is 10.1 Å². The SMILES string of the molecule is CCN1C(=O)c2cc(Cc3ccc(C(=O)NC)cc3)c(C)c(Cl)c2OC[C@@H]1C. The molecule has 0 radical (unpaired) electrons. The van der Waals surface area contributed by atoms with E-state index in [9.17, 15) is 9.59 Å². The maximum atomic E-state index is 13.0. The molecule has 0 fully saturated rings. The number of benzene rings is 2. The van der Waals surface area contributed by atoms with E-state index in [1.165, 1.54) is 0 Å². The summed E-state index contributed by atoms with van der Waals surface area (Å²) in [6.45, 7) is 6.92. The van der Waals surface area contributed by atoms with E-state index >= 15 is 0 Å². The highest BCUT2D eigenvalue weighted by atomic mass is 35.5. The van der Waals surface area contributed by atoms with Gasteiger partial charge in [-0.15, -0.1) is 0 Å². The van der Waals surface area contributed by atoms with Gasteiger partial charge in [0.25, 0.3) is 11.8 Å². The molecule has 1 N–H and O–H groups in total. The standard InChI is InChI=1S/C22H25ClN2O3/c1-5-25-13(2)12-28-20-18(22(25)27)11-17(14(3)19(20)23)10-15-6-8-16(9-7-15)21(26)24-4/h6-9,11,13H,5,10,12H2,1-4H3,(H,24,26)/t13-/m0/s1. The number of halogens is 1. The Bertz CT molecular complexity index is 909. The molecular formula is C22H25ClN2O3. The van der Waals surface area contributed by atoms with Crippen LogP contribution in [-0.2, 0) is 6.42 Å². The lowest BCUT2D eigenvalue weighted by Gasteiger charge is -2.24. The minimum atomic E-state index is -0.118. The maximum absolute atomic E-state index is 13.0. The van der Waals surface area contributed by atoms with E-state index in [-0.39, 0.29) is 17.9 Å². The molecule has 0 aromatic heterocycles. The van der Waals surface area contributed by atoms with Crippen LogP contribution in [0.4, 0.5) is 0 Å². The number of likely N-dealkylation sites (N-methyl/N-ethyl adjacent to an activating group) is 1. The summed E-state index contributed by atoms with van der Waals surface area (Å²) >= 11 is 6.60. The first-order valence-corrected chi connectivity index (χ1v) is 9.81. The van der Waals surface area contributed by atoms with Gasteiger partial charge in [0.15, 0.2) is 5.75 Å². The average Bonchev–Trinajstić information content (AvgIpc) is 2.82. The summed E-state index contributed by atoms with van der Waals surface area (Å²) in [6, 6.07) is 9.31. The van der Waals surface area contributed by atoms with E-state index in [0.717, 1.165) is 16.7 Å². The zero-order chi connectivity index (χ0) is 20.4. The molecule has 5 nitrogen and oxygen atoms in total. The number of nitrogens with zero attached hydrogens (tertiary/aromatic N) is 1. The van der Waals surface area contributed by atoms with Gasteiger partial charge in [-0.2, -0.15) is 0 Å². The van der Waals surface area contributed by atoms with Crippen molar-refractivity contribution in [1.29, 1.82) is 0 Å². The number of ether oxygens (including phenoxy) is 1. The van der Waals surface area contributed by atoms with Crippen molar-refractivity contribution in [2.24, 2.45) is 0 Å². The van der Waals surface area contributed by atoms with E-state index in [0.29, 0.717) is 41.5 Å². The molecule has 2 amide bonds. The highest BCUT2D eigenvalue weighted by Gasteiger charge is 2.30. The summed E-state index contributed by atoms with van der Waals surface area (Å²) < 4.78 is 5.90. The minimum absolute atomic E-state index is 0.0121. The summed E-state index contributed by atoms with van der Waals surface area (Å²) in [4.78, 5) is 26.6. The molecule has 0 saturated carbocycles. The number of carbonyl (C=O) groups is 2. The molecule has 0 saturated heterocycles. The molecule has 1 aliphatic heterocycles. The maximum Gasteiger partial charge on any atom is 0.258 e. The molecule has 3 rings (SSSR count). The van der Waals surface area contributed by atoms with Crippen LogP contribution in [0, 0.1) is 6.92 Å². The monoisotopic (exact) mass is 400 g/mol. The first-order chi connectivity index (χ1) is 13.4. The van der Waals surface area contributed by atoms with Crippen LogP contribution in [0.5, 0.6) is 5.75 Å². The van der Waals surface area contributed by atoms with Crippen molar-refractivity contribution in [3.63, 3.8) is 0 Å². The lowest BCUT2D eigenvalue weighted by Crippen LogP contribution is -2.39. The zero-order valence-corrected chi connectivity index (χ0v) is 17.4. The van der Waals surface area contributed by atoms with E-state index in [4.69, 9.17) is 16.3 Å². The van der Waals surface area contributed by atoms with Gasteiger partial charge in [0.1, 0.15) is 6.61 Å². The molecule has 2 aromatic rings. The summed E-state index contributed by atoms with van der Waals surface area (Å²) in [6.07, 6.45) is 0.613. The summed E-state index contributed by atoms with van der Waals surface area (Å²) in [5, 5.41) is 3.11. The molecular weight excluding hydrogens is 376 g/mol. The van der Waals surface area contributed by atoms with Gasteiger partial charge in [0.05, 0.1) is 16.6 Å². The predicted molar refractivity (Wildman–Crippen MR) is 110 cm³/mol. The van der Waals surface area contributed by atoms with E-state index in [1.807, 2.05) is 39.0 Å². The molecule has 1 heterocycles. The smallest absolute Gasteiger partial charge is 0.258 e. The molecule has 6 heteroatoms. The van der Waals surface area contributed by atoms with Gasteiger partial charge in [-0.05, 0) is 62.1 Å². The highest BCUT2D eigenvalue weighted by Crippen LogP contribution is 2.37. The van der Waals surface area contributed by atoms with Crippen LogP contribution in [0.25, 0.3) is 0 Å². The lowest BCUT2D eigenvalue weighted by atomic mass is 9.96. The molecule has 0 bridgehead atoms. The number of amides is 2. The number of fused-ring (bicyclic) bond motifs is 1. The molecule has 0 unspecified atom stereocenters. The van der Waals surface area contributed by atoms with Crippen molar-refractivity contribution < 1.29 is 14.3 Å². The topological polar surface area (TPSA) is 58.6 Å². The Morgan fingerprint density at radius 1 is 1.32 bits per heavy atom. The number of rotatable bonds is 4. The zero-order valence-electron chi connectivity index (χ0n) is 16.6. The van der Waals surface area contributed by atoms with Crippen LogP contribution in [0.1, 0.15) is 51.3 Å². The van der Waals surface area contributed by atoms with Crippen LogP contribution in [-0.4, -0.2) is 43.0 Å². The summed E-state index contributed by atoms with van der Waals surface area (Å²) in [5.74, 6) is 0.304. The fourth-order valence-electron chi connectivity index (χ4n) is 3.50. The average molecular weight is 401 g/mol. The van der Waals surface area contributed by atoms with Crippen molar-refractivity contribution in [3.05, 3.63) is 63.2 Å². The minimum Gasteiger partial charge on any atom is -0.489 e. The Morgan fingerprint density at radius 2 is 2.00 bits per heavy atom. The van der Waals surface area contributed by atoms with E-state index in [2.05, 4.69) is 5.32 Å². The lowest BCUT2D eigenvalue weighted by molar-refractivity contribution is 0.0688. The molecule has 148 valence electrons. The quantitative estimate of drug-likeness (QED) is 0.848. The number of hydrogen-bond donors (Lipinski definition) is 1. The summed E-state index contributed by atoms with van der Waals surface area (Å²) in [7, 11) is 1.61. The van der Waals surface area contributed by atoms with Gasteiger partial charge in [-0.3, -0.25) is 9.59 Å². The van der Waals surface area contributed by atoms with Gasteiger partial charge >= 0.3 is 0 Å². The Kier molecular flexibility index (Phi) is 5.94. The third-order valence-corrected chi connectivity index (χ3v) is 5.70. The van der Waals surface area contributed by atoms with Gasteiger partial charge in [-0.25, -0.2) is 0 Å². The number of carbonyl (C=O) groups excluding carboxylic acids is 2. The van der Waals surface area contributed by atoms with E-state index < -0.39 is 0 Å². The van der Waals surface area contributed by atoms with Crippen molar-refractivity contribution in [1.82, 2.24) is 10.2 Å². The third-order valence-electron chi connectivity index (χ3n) is 5.24. The Morgan fingerprint density at radius 3 is 2.61 bits per heavy atom. The van der Waals surface area contributed by atoms with Gasteiger partial charge < -0.3 is 15.0 Å². The van der Waals surface area contributed by atoms with Crippen molar-refractivity contribution in [2.45, 2.75) is 33.2 Å². The van der Waals surface area contributed by atoms with Crippen LogP contribution in [0.15, 0.2) is 30.3 Å². The Labute approximate surface area is 170 Å². The summed E-state index contributed by atoms with van der Waals surface area (Å²) in [5.41, 5.74) is 4.03. The molecule has 0 spiro atoms. The largest absolute Gasteiger partial charge is 0.489 e. The van der Waals surface area contributed by atoms with Crippen molar-refractivity contribution in [2.75, 3.05) is 20.2 Å².